The minimum Gasteiger partial charge on any atom is -0.465 e. The molecule has 11 heteroatoms. The summed E-state index contributed by atoms with van der Waals surface area (Å²) in [6.45, 7) is 0.915. The van der Waals surface area contributed by atoms with Crippen LogP contribution in [0.2, 0.25) is 0 Å². The van der Waals surface area contributed by atoms with Gasteiger partial charge >= 0.3 is 12.1 Å². The highest BCUT2D eigenvalue weighted by molar-refractivity contribution is 7.18. The zero-order valence-corrected chi connectivity index (χ0v) is 17.9. The van der Waals surface area contributed by atoms with E-state index in [-0.39, 0.29) is 24.0 Å². The van der Waals surface area contributed by atoms with E-state index in [1.807, 2.05) is 17.0 Å². The van der Waals surface area contributed by atoms with Gasteiger partial charge in [-0.2, -0.15) is 0 Å². The highest BCUT2D eigenvalue weighted by Crippen LogP contribution is 2.34. The van der Waals surface area contributed by atoms with E-state index in [2.05, 4.69) is 20.8 Å². The lowest BCUT2D eigenvalue weighted by molar-refractivity contribution is 0.0551. The first-order chi connectivity index (χ1) is 15.0. The Morgan fingerprint density at radius 3 is 2.29 bits per heavy atom. The Morgan fingerprint density at radius 2 is 1.71 bits per heavy atom. The Bertz CT molecular complexity index is 966. The molecule has 1 aliphatic carbocycles. The van der Waals surface area contributed by atoms with Crippen LogP contribution in [0.5, 0.6) is 0 Å². The van der Waals surface area contributed by atoms with Gasteiger partial charge in [0, 0.05) is 43.3 Å². The molecule has 2 aromatic rings. The molecule has 2 fully saturated rings. The largest absolute Gasteiger partial charge is 0.465 e. The number of anilines is 1. The fourth-order valence-electron chi connectivity index (χ4n) is 3.77. The summed E-state index contributed by atoms with van der Waals surface area (Å²) in [5.74, 6) is -0.0120. The smallest absolute Gasteiger partial charge is 0.407 e. The van der Waals surface area contributed by atoms with Crippen LogP contribution in [0.15, 0.2) is 24.3 Å². The maximum atomic E-state index is 13.3. The summed E-state index contributed by atoms with van der Waals surface area (Å²) in [6, 6.07) is 7.18. The van der Waals surface area contributed by atoms with E-state index < -0.39 is 6.09 Å². The highest BCUT2D eigenvalue weighted by Gasteiger charge is 2.39. The number of carboxylic acid groups (broad SMARTS) is 1. The predicted molar refractivity (Wildman–Crippen MR) is 115 cm³/mol. The van der Waals surface area contributed by atoms with Crippen molar-refractivity contribution < 1.29 is 19.5 Å². The van der Waals surface area contributed by atoms with E-state index in [1.54, 1.807) is 12.1 Å². The van der Waals surface area contributed by atoms with Crippen LogP contribution in [0, 0.1) is 0 Å². The lowest BCUT2D eigenvalue weighted by Crippen LogP contribution is -2.49. The average Bonchev–Trinajstić information content (AvgIpc) is 3.51. The van der Waals surface area contributed by atoms with E-state index in [1.165, 1.54) is 23.3 Å². The second-order valence-corrected chi connectivity index (χ2v) is 8.62. The molecule has 1 aromatic heterocycles. The fourth-order valence-corrected chi connectivity index (χ4v) is 4.52. The van der Waals surface area contributed by atoms with E-state index in [9.17, 15) is 14.4 Å². The minimum atomic E-state index is -0.899. The lowest BCUT2D eigenvalue weighted by atomic mass is 10.0. The summed E-state index contributed by atoms with van der Waals surface area (Å²) in [6.07, 6.45) is 2.42. The van der Waals surface area contributed by atoms with Gasteiger partial charge in [0.25, 0.3) is 5.91 Å². The van der Waals surface area contributed by atoms with Crippen molar-refractivity contribution in [2.75, 3.05) is 25.5 Å². The molecule has 1 aliphatic heterocycles. The van der Waals surface area contributed by atoms with Gasteiger partial charge in [0.2, 0.25) is 5.13 Å². The standard InChI is InChI=1S/C20H24N6O4S/c1-21-18(28)22-19-24-23-16(31-19)12-2-4-13(5-3-12)17(27)26(14-6-7-14)15-8-10-25(11-9-15)20(29)30/h2-5,14-15H,6-11H2,1H3,(H,29,30)(H2,21,22,24,28). The van der Waals surface area contributed by atoms with Crippen molar-refractivity contribution in [3.63, 3.8) is 0 Å². The first-order valence-electron chi connectivity index (χ1n) is 10.2. The maximum absolute atomic E-state index is 13.3. The molecular formula is C20H24N6O4S. The lowest BCUT2D eigenvalue weighted by Gasteiger charge is -2.38. The van der Waals surface area contributed by atoms with Crippen LogP contribution in [-0.2, 0) is 0 Å². The van der Waals surface area contributed by atoms with Crippen molar-refractivity contribution in [1.82, 2.24) is 25.3 Å². The summed E-state index contributed by atoms with van der Waals surface area (Å²) in [4.78, 5) is 39.2. The number of hydrogen-bond acceptors (Lipinski definition) is 6. The van der Waals surface area contributed by atoms with Crippen LogP contribution in [-0.4, -0.2) is 75.4 Å². The maximum Gasteiger partial charge on any atom is 0.407 e. The first kappa shape index (κ1) is 21.0. The van der Waals surface area contributed by atoms with E-state index >= 15 is 0 Å². The molecule has 4 rings (SSSR count). The molecule has 0 spiro atoms. The zero-order chi connectivity index (χ0) is 22.0. The molecule has 3 N–H and O–H groups in total. The van der Waals surface area contributed by atoms with Gasteiger partial charge in [0.15, 0.2) is 0 Å². The van der Waals surface area contributed by atoms with E-state index in [0.29, 0.717) is 41.6 Å². The third-order valence-electron chi connectivity index (χ3n) is 5.55. The number of amides is 4. The van der Waals surface area contributed by atoms with Crippen LogP contribution >= 0.6 is 11.3 Å². The van der Waals surface area contributed by atoms with Crippen molar-refractivity contribution in [2.24, 2.45) is 0 Å². The molecular weight excluding hydrogens is 420 g/mol. The molecule has 1 saturated heterocycles. The molecule has 1 saturated carbocycles. The molecule has 1 aromatic carbocycles. The van der Waals surface area contributed by atoms with Gasteiger partial charge < -0.3 is 20.2 Å². The number of aromatic nitrogens is 2. The predicted octanol–water partition coefficient (Wildman–Crippen LogP) is 2.70. The van der Waals surface area contributed by atoms with Crippen LogP contribution in [0.3, 0.4) is 0 Å². The molecule has 164 valence electrons. The van der Waals surface area contributed by atoms with Crippen molar-refractivity contribution >= 4 is 34.5 Å². The average molecular weight is 445 g/mol. The Hall–Kier alpha value is -3.21. The summed E-state index contributed by atoms with van der Waals surface area (Å²) in [5.41, 5.74) is 1.41. The van der Waals surface area contributed by atoms with Crippen LogP contribution in [0.4, 0.5) is 14.7 Å². The molecule has 0 unspecified atom stereocenters. The molecule has 10 nitrogen and oxygen atoms in total. The number of urea groups is 1. The monoisotopic (exact) mass is 444 g/mol. The van der Waals surface area contributed by atoms with E-state index in [4.69, 9.17) is 5.11 Å². The number of likely N-dealkylation sites (tertiary alicyclic amines) is 1. The summed E-state index contributed by atoms with van der Waals surface area (Å²) in [5, 5.41) is 23.3. The number of hydrogen-bond donors (Lipinski definition) is 3. The molecule has 2 aliphatic rings. The van der Waals surface area contributed by atoms with E-state index in [0.717, 1.165) is 18.4 Å². The van der Waals surface area contributed by atoms with Gasteiger partial charge in [-0.15, -0.1) is 10.2 Å². The number of benzene rings is 1. The molecule has 2 heterocycles. The third-order valence-corrected chi connectivity index (χ3v) is 6.44. The number of nitrogens with one attached hydrogen (secondary N) is 2. The third kappa shape index (κ3) is 4.76. The SMILES string of the molecule is CNC(=O)Nc1nnc(-c2ccc(C(=O)N(C3CC3)C3CCN(C(=O)O)CC3)cc2)s1. The van der Waals surface area contributed by atoms with Gasteiger partial charge in [-0.25, -0.2) is 9.59 Å². The van der Waals surface area contributed by atoms with Gasteiger partial charge in [0.1, 0.15) is 5.01 Å². The number of rotatable bonds is 5. The molecule has 0 bridgehead atoms. The second kappa shape index (κ2) is 8.88. The van der Waals surface area contributed by atoms with Crippen molar-refractivity contribution in [3.8, 4) is 10.6 Å². The van der Waals surface area contributed by atoms with Gasteiger partial charge in [0.05, 0.1) is 0 Å². The Kier molecular flexibility index (Phi) is 6.03. The Morgan fingerprint density at radius 1 is 1.06 bits per heavy atom. The Labute approximate surface area is 183 Å². The number of carbonyl (C=O) groups excluding carboxylic acids is 2. The number of piperidine rings is 1. The fraction of sp³-hybridized carbons (Fsp3) is 0.450. The van der Waals surface area contributed by atoms with Crippen LogP contribution in [0.1, 0.15) is 36.0 Å². The van der Waals surface area contributed by atoms with Crippen LogP contribution < -0.4 is 10.6 Å². The van der Waals surface area contributed by atoms with Crippen molar-refractivity contribution in [3.05, 3.63) is 29.8 Å². The molecule has 0 radical (unpaired) electrons. The summed E-state index contributed by atoms with van der Waals surface area (Å²) in [7, 11) is 1.52. The zero-order valence-electron chi connectivity index (χ0n) is 17.1. The van der Waals surface area contributed by atoms with Crippen molar-refractivity contribution in [1.29, 1.82) is 0 Å². The normalized spacial score (nSPS) is 16.6. The number of carbonyl (C=O) groups is 3. The molecule has 31 heavy (non-hydrogen) atoms. The number of nitrogens with zero attached hydrogens (tertiary/aromatic N) is 4. The summed E-state index contributed by atoms with van der Waals surface area (Å²) < 4.78 is 0. The van der Waals surface area contributed by atoms with Crippen LogP contribution in [0.25, 0.3) is 10.6 Å². The quantitative estimate of drug-likeness (QED) is 0.651. The summed E-state index contributed by atoms with van der Waals surface area (Å²) >= 11 is 1.25. The minimum absolute atomic E-state index is 0.0120. The molecule has 4 amide bonds. The topological polar surface area (TPSA) is 128 Å². The Balaban J connectivity index is 1.44. The van der Waals surface area contributed by atoms with Gasteiger partial charge in [-0.05, 0) is 37.8 Å². The van der Waals surface area contributed by atoms with Gasteiger partial charge in [-0.1, -0.05) is 23.5 Å². The second-order valence-electron chi connectivity index (χ2n) is 7.64. The van der Waals surface area contributed by atoms with Gasteiger partial charge in [-0.3, -0.25) is 10.1 Å². The first-order valence-corrected chi connectivity index (χ1v) is 11.0. The van der Waals surface area contributed by atoms with Crippen molar-refractivity contribution in [2.45, 2.75) is 37.8 Å². The highest BCUT2D eigenvalue weighted by atomic mass is 32.1. The molecule has 0 atom stereocenters.